The number of halogens is 1. The number of carbonyl (C=O) groups is 2. The van der Waals surface area contributed by atoms with Crippen LogP contribution in [0.2, 0.25) is 0 Å². The lowest BCUT2D eigenvalue weighted by Gasteiger charge is -2.14. The molecule has 5 nitrogen and oxygen atoms in total. The summed E-state index contributed by atoms with van der Waals surface area (Å²) in [6.45, 7) is 0. The predicted molar refractivity (Wildman–Crippen MR) is 90.6 cm³/mol. The maximum Gasteiger partial charge on any atom is 0.282 e. The van der Waals surface area contributed by atoms with Gasteiger partial charge < -0.3 is 4.42 Å². The van der Waals surface area contributed by atoms with E-state index in [1.807, 2.05) is 12.1 Å². The predicted octanol–water partition coefficient (Wildman–Crippen LogP) is 2.90. The first kappa shape index (κ1) is 14.6. The summed E-state index contributed by atoms with van der Waals surface area (Å²) in [5.41, 5.74) is 3.26. The number of furan rings is 1. The van der Waals surface area contributed by atoms with E-state index in [2.05, 4.69) is 28.0 Å². The molecule has 3 rings (SSSR count). The van der Waals surface area contributed by atoms with Crippen molar-refractivity contribution in [1.82, 2.24) is 5.43 Å². The molecule has 6 heteroatoms. The first-order chi connectivity index (χ1) is 10.6. The van der Waals surface area contributed by atoms with Crippen molar-refractivity contribution in [2.45, 2.75) is 0 Å². The molecule has 0 bridgehead atoms. The van der Waals surface area contributed by atoms with Crippen molar-refractivity contribution in [1.29, 1.82) is 0 Å². The quantitative estimate of drug-likeness (QED) is 0.485. The van der Waals surface area contributed by atoms with Crippen LogP contribution in [0.5, 0.6) is 0 Å². The van der Waals surface area contributed by atoms with Crippen molar-refractivity contribution in [2.24, 2.45) is 0 Å². The molecule has 0 unspecified atom stereocenters. The Morgan fingerprint density at radius 2 is 1.91 bits per heavy atom. The Bertz CT molecular complexity index is 761. The Balaban J connectivity index is 1.80. The highest BCUT2D eigenvalue weighted by Gasteiger charge is 2.33. The van der Waals surface area contributed by atoms with Gasteiger partial charge >= 0.3 is 0 Å². The number of anilines is 1. The van der Waals surface area contributed by atoms with Crippen LogP contribution < -0.4 is 10.4 Å². The smallest absolute Gasteiger partial charge is 0.282 e. The molecule has 2 heterocycles. The van der Waals surface area contributed by atoms with Gasteiger partial charge in [0.1, 0.15) is 11.3 Å². The molecule has 2 amide bonds. The monoisotopic (exact) mass is 406 g/mol. The Morgan fingerprint density at radius 1 is 1.14 bits per heavy atom. The van der Waals surface area contributed by atoms with Gasteiger partial charge in [-0.15, -0.1) is 0 Å². The van der Waals surface area contributed by atoms with Gasteiger partial charge in [0.2, 0.25) is 0 Å². The number of hydrogen-bond acceptors (Lipinski definition) is 3. The summed E-state index contributed by atoms with van der Waals surface area (Å²) in [5.74, 6) is -0.153. The summed E-state index contributed by atoms with van der Waals surface area (Å²) in [6, 6.07) is 10.8. The van der Waals surface area contributed by atoms with Crippen LogP contribution in [0, 0.1) is 3.57 Å². The highest BCUT2D eigenvalue weighted by molar-refractivity contribution is 14.1. The summed E-state index contributed by atoms with van der Waals surface area (Å²) in [7, 11) is 0. The van der Waals surface area contributed by atoms with Crippen LogP contribution in [0.4, 0.5) is 5.69 Å². The van der Waals surface area contributed by atoms with Crippen molar-refractivity contribution in [3.63, 3.8) is 0 Å². The topological polar surface area (TPSA) is 62.6 Å². The molecule has 1 fully saturated rings. The van der Waals surface area contributed by atoms with Crippen molar-refractivity contribution < 1.29 is 14.0 Å². The molecule has 0 radical (unpaired) electrons. The third-order valence-electron chi connectivity index (χ3n) is 3.04. The third kappa shape index (κ3) is 2.96. The molecule has 0 saturated carbocycles. The van der Waals surface area contributed by atoms with Crippen LogP contribution in [0.3, 0.4) is 0 Å². The molecule has 22 heavy (non-hydrogen) atoms. The Kier molecular flexibility index (Phi) is 4.10. The minimum atomic E-state index is -0.423. The molecule has 1 aromatic carbocycles. The SMILES string of the molecule is O=C1NN(c2ccc(I)cc2)C(=O)/C1=C/C=C/c1ccco1. The molecule has 1 saturated heterocycles. The van der Waals surface area contributed by atoms with Crippen LogP contribution in [0.15, 0.2) is 64.8 Å². The standard InChI is InChI=1S/C16H11IN2O3/c17-11-6-8-12(9-7-11)19-16(21)14(15(20)18-19)5-1-3-13-4-2-10-22-13/h1-10H,(H,18,20)/b3-1+,14-5+. The summed E-state index contributed by atoms with van der Waals surface area (Å²) in [5, 5.41) is 1.24. The lowest BCUT2D eigenvalue weighted by molar-refractivity contribution is -0.117. The first-order valence-corrected chi connectivity index (χ1v) is 7.56. The molecule has 0 spiro atoms. The van der Waals surface area contributed by atoms with Crippen LogP contribution in [-0.2, 0) is 9.59 Å². The number of amides is 2. The van der Waals surface area contributed by atoms with E-state index < -0.39 is 5.91 Å². The minimum absolute atomic E-state index is 0.0846. The zero-order valence-electron chi connectivity index (χ0n) is 11.3. The van der Waals surface area contributed by atoms with Gasteiger partial charge in [0.15, 0.2) is 0 Å². The fourth-order valence-electron chi connectivity index (χ4n) is 1.97. The van der Waals surface area contributed by atoms with Crippen molar-refractivity contribution in [3.8, 4) is 0 Å². The first-order valence-electron chi connectivity index (χ1n) is 6.48. The average molecular weight is 406 g/mol. The molecule has 0 atom stereocenters. The molecule has 0 aliphatic carbocycles. The normalized spacial score (nSPS) is 16.8. The largest absolute Gasteiger partial charge is 0.465 e. The molecule has 1 N–H and O–H groups in total. The van der Waals surface area contributed by atoms with Crippen molar-refractivity contribution in [3.05, 3.63) is 69.7 Å². The number of rotatable bonds is 3. The van der Waals surface area contributed by atoms with Crippen molar-refractivity contribution in [2.75, 3.05) is 5.01 Å². The van der Waals surface area contributed by atoms with Crippen LogP contribution in [0.25, 0.3) is 6.08 Å². The molecule has 2 aromatic rings. The van der Waals surface area contributed by atoms with Gasteiger partial charge in [-0.2, -0.15) is 0 Å². The van der Waals surface area contributed by atoms with Gasteiger partial charge in [0, 0.05) is 3.57 Å². The van der Waals surface area contributed by atoms with Gasteiger partial charge in [-0.3, -0.25) is 15.0 Å². The molecule has 1 aromatic heterocycles. The maximum atomic E-state index is 12.3. The van der Waals surface area contributed by atoms with Gasteiger partial charge in [0.05, 0.1) is 12.0 Å². The van der Waals surface area contributed by atoms with E-state index in [9.17, 15) is 9.59 Å². The number of benzene rings is 1. The third-order valence-corrected chi connectivity index (χ3v) is 3.76. The lowest BCUT2D eigenvalue weighted by atomic mass is 10.2. The van der Waals surface area contributed by atoms with E-state index in [-0.39, 0.29) is 11.5 Å². The zero-order valence-corrected chi connectivity index (χ0v) is 13.5. The fraction of sp³-hybridized carbons (Fsp3) is 0. The van der Waals surface area contributed by atoms with E-state index in [4.69, 9.17) is 4.42 Å². The van der Waals surface area contributed by atoms with Crippen LogP contribution >= 0.6 is 22.6 Å². The number of allylic oxidation sites excluding steroid dienone is 2. The van der Waals surface area contributed by atoms with Gasteiger partial charge in [-0.05, 0) is 71.1 Å². The minimum Gasteiger partial charge on any atom is -0.465 e. The van der Waals surface area contributed by atoms with E-state index in [0.717, 1.165) is 3.57 Å². The summed E-state index contributed by atoms with van der Waals surface area (Å²) < 4.78 is 6.19. The molecular weight excluding hydrogens is 395 g/mol. The molecule has 1 aliphatic heterocycles. The maximum absolute atomic E-state index is 12.3. The summed E-state index contributed by atoms with van der Waals surface area (Å²) in [4.78, 5) is 24.2. The number of carbonyl (C=O) groups excluding carboxylic acids is 2. The lowest BCUT2D eigenvalue weighted by Crippen LogP contribution is -2.35. The second kappa shape index (κ2) is 6.18. The van der Waals surface area contributed by atoms with Crippen LogP contribution in [0.1, 0.15) is 5.76 Å². The van der Waals surface area contributed by atoms with Gasteiger partial charge in [-0.25, -0.2) is 5.01 Å². The fourth-order valence-corrected chi connectivity index (χ4v) is 2.33. The molecule has 110 valence electrons. The Hall–Kier alpha value is -2.35. The van der Waals surface area contributed by atoms with E-state index in [0.29, 0.717) is 11.4 Å². The number of nitrogens with one attached hydrogen (secondary N) is 1. The molecular formula is C16H11IN2O3. The zero-order chi connectivity index (χ0) is 15.5. The number of nitrogens with zero attached hydrogens (tertiary/aromatic N) is 1. The van der Waals surface area contributed by atoms with Gasteiger partial charge in [-0.1, -0.05) is 6.08 Å². The average Bonchev–Trinajstić information content (AvgIpc) is 3.11. The van der Waals surface area contributed by atoms with Crippen LogP contribution in [-0.4, -0.2) is 11.8 Å². The van der Waals surface area contributed by atoms with E-state index in [1.54, 1.807) is 42.7 Å². The summed E-state index contributed by atoms with van der Waals surface area (Å²) in [6.07, 6.45) is 6.33. The highest BCUT2D eigenvalue weighted by atomic mass is 127. The molecule has 1 aliphatic rings. The van der Waals surface area contributed by atoms with E-state index >= 15 is 0 Å². The second-order valence-corrected chi connectivity index (χ2v) is 5.76. The Morgan fingerprint density at radius 3 is 2.59 bits per heavy atom. The van der Waals surface area contributed by atoms with Crippen molar-refractivity contribution >= 4 is 46.2 Å². The van der Waals surface area contributed by atoms with Gasteiger partial charge in [0.25, 0.3) is 11.8 Å². The number of hydrogen-bond donors (Lipinski definition) is 1. The Labute approximate surface area is 140 Å². The van der Waals surface area contributed by atoms with E-state index in [1.165, 1.54) is 11.1 Å². The number of hydrazine groups is 1. The second-order valence-electron chi connectivity index (χ2n) is 4.51. The highest BCUT2D eigenvalue weighted by Crippen LogP contribution is 2.21. The summed E-state index contributed by atoms with van der Waals surface area (Å²) >= 11 is 2.18.